The van der Waals surface area contributed by atoms with Crippen LogP contribution in [0.4, 0.5) is 31.9 Å². The monoisotopic (exact) mass is 472 g/mol. The molecule has 6 N–H and O–H groups in total. The van der Waals surface area contributed by atoms with Gasteiger partial charge in [0.2, 0.25) is 0 Å². The molecule has 1 amide bonds. The molecule has 0 radical (unpaired) electrons. The maximum atomic E-state index is 15.0. The summed E-state index contributed by atoms with van der Waals surface area (Å²) in [4.78, 5) is 18.1. The van der Waals surface area contributed by atoms with Crippen molar-refractivity contribution in [3.63, 3.8) is 0 Å². The van der Waals surface area contributed by atoms with Crippen LogP contribution in [0.1, 0.15) is 36.5 Å². The lowest BCUT2D eigenvalue weighted by Gasteiger charge is -2.25. The average molecular weight is 473 g/mol. The minimum absolute atomic E-state index is 0.0186. The molecule has 0 unspecified atom stereocenters. The van der Waals surface area contributed by atoms with E-state index in [1.807, 2.05) is 21.0 Å². The van der Waals surface area contributed by atoms with E-state index in [4.69, 9.17) is 11.5 Å². The second-order valence-electron chi connectivity index (χ2n) is 8.98. The maximum absolute atomic E-state index is 15.0. The second-order valence-corrected chi connectivity index (χ2v) is 8.98. The SMILES string of the molecule is CC[C@H](N)[C@H](Nc1nc(Nc2cc(F)c3c(c2)c(N(C)C)nn3C)c(C(N)=O)cc1F)C1CC1. The van der Waals surface area contributed by atoms with E-state index in [1.54, 1.807) is 18.0 Å². The van der Waals surface area contributed by atoms with E-state index in [2.05, 4.69) is 20.7 Å². The number of rotatable bonds is 9. The Kier molecular flexibility index (Phi) is 6.30. The molecule has 2 heterocycles. The van der Waals surface area contributed by atoms with E-state index in [0.717, 1.165) is 25.3 Å². The van der Waals surface area contributed by atoms with Crippen LogP contribution in [0, 0.1) is 17.6 Å². The predicted molar refractivity (Wildman–Crippen MR) is 129 cm³/mol. The van der Waals surface area contributed by atoms with Crippen molar-refractivity contribution in [1.82, 2.24) is 14.8 Å². The fourth-order valence-corrected chi connectivity index (χ4v) is 4.20. The Labute approximate surface area is 196 Å². The van der Waals surface area contributed by atoms with Crippen LogP contribution < -0.4 is 27.0 Å². The molecule has 1 aliphatic rings. The normalized spacial score (nSPS) is 15.3. The van der Waals surface area contributed by atoms with E-state index in [9.17, 15) is 13.6 Å². The summed E-state index contributed by atoms with van der Waals surface area (Å²) in [5.74, 6) is -1.18. The van der Waals surface area contributed by atoms with E-state index < -0.39 is 17.5 Å². The van der Waals surface area contributed by atoms with Crippen molar-refractivity contribution in [2.24, 2.45) is 24.4 Å². The number of carbonyl (C=O) groups is 1. The standard InChI is InChI=1S/C23H30F2N8O/c1-5-17(26)18(11-6-7-11)29-22-16(25)10-14(20(27)34)21(30-22)28-12-8-13-19(15(24)9-12)33(4)31-23(13)32(2)3/h8-11,17-18H,5-7,26H2,1-4H3,(H2,27,34)(H2,28,29,30)/t17-,18+/m0/s1. The van der Waals surface area contributed by atoms with Gasteiger partial charge in [-0.25, -0.2) is 13.8 Å². The highest BCUT2D eigenvalue weighted by Crippen LogP contribution is 2.37. The van der Waals surface area contributed by atoms with Gasteiger partial charge in [-0.1, -0.05) is 6.92 Å². The number of anilines is 4. The van der Waals surface area contributed by atoms with E-state index in [0.29, 0.717) is 28.3 Å². The molecule has 4 rings (SSSR count). The average Bonchev–Trinajstić information content (AvgIpc) is 3.55. The zero-order valence-electron chi connectivity index (χ0n) is 19.7. The van der Waals surface area contributed by atoms with Crippen molar-refractivity contribution in [3.05, 3.63) is 35.4 Å². The van der Waals surface area contributed by atoms with Crippen LogP contribution in [0.2, 0.25) is 0 Å². The molecule has 1 aromatic carbocycles. The van der Waals surface area contributed by atoms with Crippen LogP contribution in [0.3, 0.4) is 0 Å². The Balaban J connectivity index is 1.75. The Hall–Kier alpha value is -3.47. The maximum Gasteiger partial charge on any atom is 0.252 e. The number of aromatic nitrogens is 3. The first-order valence-electron chi connectivity index (χ1n) is 11.2. The van der Waals surface area contributed by atoms with Crippen molar-refractivity contribution >= 4 is 40.0 Å². The van der Waals surface area contributed by atoms with E-state index in [1.165, 1.54) is 10.7 Å². The van der Waals surface area contributed by atoms with Crippen molar-refractivity contribution in [1.29, 1.82) is 0 Å². The predicted octanol–water partition coefficient (Wildman–Crippen LogP) is 3.08. The smallest absolute Gasteiger partial charge is 0.252 e. The molecule has 0 bridgehead atoms. The summed E-state index contributed by atoms with van der Waals surface area (Å²) in [6.45, 7) is 1.97. The molecule has 2 atom stereocenters. The molecular formula is C23H30F2N8O. The van der Waals surface area contributed by atoms with Gasteiger partial charge in [0.05, 0.1) is 5.56 Å². The number of halogens is 2. The Morgan fingerprint density at radius 3 is 2.53 bits per heavy atom. The molecular weight excluding hydrogens is 442 g/mol. The molecule has 1 saturated carbocycles. The van der Waals surface area contributed by atoms with Crippen molar-refractivity contribution in [3.8, 4) is 0 Å². The number of hydrogen-bond donors (Lipinski definition) is 4. The molecule has 0 spiro atoms. The summed E-state index contributed by atoms with van der Waals surface area (Å²) in [5, 5.41) is 11.0. The lowest BCUT2D eigenvalue weighted by molar-refractivity contribution is 0.100. The molecule has 1 fully saturated rings. The minimum Gasteiger partial charge on any atom is -0.365 e. The summed E-state index contributed by atoms with van der Waals surface area (Å²) in [7, 11) is 5.27. The number of pyridine rings is 1. The van der Waals surface area contributed by atoms with Gasteiger partial charge in [-0.3, -0.25) is 9.48 Å². The first-order valence-corrected chi connectivity index (χ1v) is 11.2. The zero-order valence-corrected chi connectivity index (χ0v) is 19.7. The van der Waals surface area contributed by atoms with Gasteiger partial charge < -0.3 is 27.0 Å². The third kappa shape index (κ3) is 4.47. The van der Waals surface area contributed by atoms with Crippen molar-refractivity contribution in [2.45, 2.75) is 38.3 Å². The summed E-state index contributed by atoms with van der Waals surface area (Å²) in [6, 6.07) is 3.68. The van der Waals surface area contributed by atoms with Crippen LogP contribution >= 0.6 is 0 Å². The van der Waals surface area contributed by atoms with Crippen molar-refractivity contribution in [2.75, 3.05) is 29.6 Å². The van der Waals surface area contributed by atoms with E-state index >= 15 is 0 Å². The topological polar surface area (TPSA) is 127 Å². The summed E-state index contributed by atoms with van der Waals surface area (Å²) in [6.07, 6.45) is 2.74. The molecule has 1 aliphatic carbocycles. The number of aryl methyl sites for hydroxylation is 1. The number of nitrogens with one attached hydrogen (secondary N) is 2. The van der Waals surface area contributed by atoms with E-state index in [-0.39, 0.29) is 29.3 Å². The third-order valence-electron chi connectivity index (χ3n) is 6.17. The van der Waals surface area contributed by atoms with Crippen LogP contribution in [0.25, 0.3) is 10.9 Å². The first-order chi connectivity index (χ1) is 16.1. The number of benzene rings is 1. The second kappa shape index (κ2) is 9.05. The lowest BCUT2D eigenvalue weighted by Crippen LogP contribution is -2.42. The van der Waals surface area contributed by atoms with Crippen molar-refractivity contribution < 1.29 is 13.6 Å². The highest BCUT2D eigenvalue weighted by atomic mass is 19.1. The molecule has 9 nitrogen and oxygen atoms in total. The minimum atomic E-state index is -0.860. The molecule has 0 aliphatic heterocycles. The summed E-state index contributed by atoms with van der Waals surface area (Å²) >= 11 is 0. The third-order valence-corrected chi connectivity index (χ3v) is 6.17. The number of primary amides is 1. The van der Waals surface area contributed by atoms with Gasteiger partial charge in [0.1, 0.15) is 11.3 Å². The number of nitrogens with two attached hydrogens (primary N) is 2. The van der Waals surface area contributed by atoms with Crippen LogP contribution in [0.5, 0.6) is 0 Å². The van der Waals surface area contributed by atoms with Crippen LogP contribution in [-0.4, -0.2) is 46.9 Å². The first kappa shape index (κ1) is 23.7. The number of amides is 1. The van der Waals surface area contributed by atoms with Gasteiger partial charge >= 0.3 is 0 Å². The fourth-order valence-electron chi connectivity index (χ4n) is 4.20. The van der Waals surface area contributed by atoms with Crippen LogP contribution in [-0.2, 0) is 7.05 Å². The van der Waals surface area contributed by atoms with Gasteiger partial charge in [0.15, 0.2) is 23.3 Å². The number of fused-ring (bicyclic) bond motifs is 1. The van der Waals surface area contributed by atoms with Gasteiger partial charge in [0, 0.05) is 44.3 Å². The quantitative estimate of drug-likeness (QED) is 0.377. The lowest BCUT2D eigenvalue weighted by atomic mass is 10.0. The largest absolute Gasteiger partial charge is 0.365 e. The Morgan fingerprint density at radius 1 is 1.24 bits per heavy atom. The summed E-state index contributed by atoms with van der Waals surface area (Å²) < 4.78 is 31.3. The highest BCUT2D eigenvalue weighted by molar-refractivity contribution is 5.99. The summed E-state index contributed by atoms with van der Waals surface area (Å²) in [5.41, 5.74) is 12.2. The molecule has 182 valence electrons. The molecule has 34 heavy (non-hydrogen) atoms. The molecule has 0 saturated heterocycles. The van der Waals surface area contributed by atoms with Gasteiger partial charge in [-0.05, 0) is 43.4 Å². The van der Waals surface area contributed by atoms with Gasteiger partial charge in [-0.2, -0.15) is 5.10 Å². The van der Waals surface area contributed by atoms with Gasteiger partial charge in [-0.15, -0.1) is 0 Å². The number of carbonyl (C=O) groups excluding carboxylic acids is 1. The van der Waals surface area contributed by atoms with Gasteiger partial charge in [0.25, 0.3) is 5.91 Å². The number of nitrogens with zero attached hydrogens (tertiary/aromatic N) is 4. The zero-order chi connectivity index (χ0) is 24.7. The molecule has 11 heteroatoms. The van der Waals surface area contributed by atoms with Crippen LogP contribution in [0.15, 0.2) is 18.2 Å². The highest BCUT2D eigenvalue weighted by Gasteiger charge is 2.35. The molecule has 3 aromatic rings. The Morgan fingerprint density at radius 2 is 1.94 bits per heavy atom. The fraction of sp³-hybridized carbons (Fsp3) is 0.435. The molecule has 2 aromatic heterocycles. The number of hydrogen-bond acceptors (Lipinski definition) is 7. The Bertz CT molecular complexity index is 1240.